The Morgan fingerprint density at radius 3 is 1.63 bits per heavy atom. The molecule has 0 saturated heterocycles. The first-order chi connectivity index (χ1) is 12.4. The number of hydrogen-bond donors (Lipinski definition) is 9. The third-order valence-electron chi connectivity index (χ3n) is 1.98. The molecule has 152 valence electrons. The minimum atomic E-state index is -4.67. The third kappa shape index (κ3) is 18.0. The molecule has 15 nitrogen and oxygen atoms in total. The van der Waals surface area contributed by atoms with Crippen molar-refractivity contribution in [1.29, 1.82) is 0 Å². The minimum Gasteiger partial charge on any atom is -0.397 e. The van der Waals surface area contributed by atoms with Crippen molar-refractivity contribution >= 4 is 38.0 Å². The maximum absolute atomic E-state index is 10.1. The van der Waals surface area contributed by atoms with Gasteiger partial charge >= 0.3 is 20.7 Å². The van der Waals surface area contributed by atoms with Crippen LogP contribution in [0.5, 0.6) is 0 Å². The van der Waals surface area contributed by atoms with Crippen LogP contribution in [-0.2, 0) is 20.7 Å². The van der Waals surface area contributed by atoms with Gasteiger partial charge in [0.05, 0.1) is 11.4 Å². The second-order valence-corrected chi connectivity index (χ2v) is 6.15. The Morgan fingerprint density at radius 2 is 1.26 bits per heavy atom. The van der Waals surface area contributed by atoms with Gasteiger partial charge < -0.3 is 11.5 Å². The molecule has 1 heterocycles. The van der Waals surface area contributed by atoms with E-state index in [1.165, 1.54) is 12.4 Å². The van der Waals surface area contributed by atoms with E-state index in [0.717, 1.165) is 0 Å². The Labute approximate surface area is 154 Å². The Morgan fingerprint density at radius 1 is 0.815 bits per heavy atom. The highest BCUT2D eigenvalue weighted by molar-refractivity contribution is 7.83. The van der Waals surface area contributed by atoms with E-state index in [-0.39, 0.29) is 5.95 Å². The van der Waals surface area contributed by atoms with Crippen molar-refractivity contribution in [2.45, 2.75) is 0 Å². The number of benzene rings is 1. The lowest BCUT2D eigenvalue weighted by molar-refractivity contribution is 0.380. The summed E-state index contributed by atoms with van der Waals surface area (Å²) in [5, 5.41) is 0. The summed E-state index contributed by atoms with van der Waals surface area (Å²) in [7, 11) is -8.95. The highest BCUT2D eigenvalue weighted by atomic mass is 32.3. The van der Waals surface area contributed by atoms with E-state index in [9.17, 15) is 8.42 Å². The van der Waals surface area contributed by atoms with Crippen LogP contribution >= 0.6 is 0 Å². The quantitative estimate of drug-likeness (QED) is 0.113. The van der Waals surface area contributed by atoms with Gasteiger partial charge in [0, 0.05) is 12.4 Å². The second kappa shape index (κ2) is 11.9. The first-order valence-corrected chi connectivity index (χ1v) is 9.29. The standard InChI is InChI=1S/C6H8N2.C4H8N6O3S.H2O4S/c7-5-3-1-2-4-6(5)8;11-14(12,13)10-9-8-7-4-5-2-1-3-6-4;1-5(2,3)4/h1-4H,7-8H2;1-3,8-10H,(H,5,6,7)(H,11,12,13);(H2,1,2,3,4). The Kier molecular flexibility index (Phi) is 10.7. The number of nitrogens with zero attached hydrogens (tertiary/aromatic N) is 2. The zero-order valence-electron chi connectivity index (χ0n) is 13.4. The predicted molar refractivity (Wildman–Crippen MR) is 96.1 cm³/mol. The zero-order chi connectivity index (χ0) is 20.9. The summed E-state index contributed by atoms with van der Waals surface area (Å²) in [5.41, 5.74) is 18.6. The fourth-order valence-corrected chi connectivity index (χ4v) is 1.23. The van der Waals surface area contributed by atoms with Gasteiger partial charge in [-0.25, -0.2) is 9.97 Å². The Hall–Kier alpha value is -2.64. The van der Waals surface area contributed by atoms with Crippen LogP contribution in [-0.4, -0.2) is 40.5 Å². The van der Waals surface area contributed by atoms with E-state index in [1.54, 1.807) is 23.0 Å². The van der Waals surface area contributed by atoms with Gasteiger partial charge in [-0.2, -0.15) is 27.9 Å². The maximum atomic E-state index is 10.1. The molecule has 0 bridgehead atoms. The van der Waals surface area contributed by atoms with Crippen LogP contribution < -0.4 is 32.8 Å². The summed E-state index contributed by atoms with van der Waals surface area (Å²) in [5.74, 6) is 0.233. The van der Waals surface area contributed by atoms with Crippen molar-refractivity contribution in [3.05, 3.63) is 42.7 Å². The molecule has 0 fully saturated rings. The molecule has 0 unspecified atom stereocenters. The monoisotopic (exact) mass is 426 g/mol. The molecule has 0 amide bonds. The number of rotatable bonds is 5. The van der Waals surface area contributed by atoms with Gasteiger partial charge in [-0.1, -0.05) is 12.1 Å². The Bertz CT molecular complexity index is 850. The first kappa shape index (κ1) is 24.4. The lowest BCUT2D eigenvalue weighted by Crippen LogP contribution is -2.48. The zero-order valence-corrected chi connectivity index (χ0v) is 15.0. The topological polar surface area (TPSA) is 255 Å². The number of hydrazine groups is 3. The van der Waals surface area contributed by atoms with Crippen molar-refractivity contribution in [1.82, 2.24) is 25.9 Å². The van der Waals surface area contributed by atoms with Crippen molar-refractivity contribution < 1.29 is 30.5 Å². The molecule has 17 heteroatoms. The molecule has 11 N–H and O–H groups in total. The summed E-state index contributed by atoms with van der Waals surface area (Å²) >= 11 is 0. The number of aromatic nitrogens is 2. The molecule has 0 radical (unpaired) electrons. The molecule has 2 rings (SSSR count). The molecule has 0 saturated carbocycles. The number of anilines is 3. The molecule has 0 aliphatic rings. The number of nitrogens with one attached hydrogen (secondary N) is 4. The van der Waals surface area contributed by atoms with Gasteiger partial charge in [0.15, 0.2) is 0 Å². The maximum Gasteiger partial charge on any atom is 0.394 e. The number of hydrogen-bond acceptors (Lipinski definition) is 11. The molecular weight excluding hydrogens is 408 g/mol. The van der Waals surface area contributed by atoms with Crippen LogP contribution in [0.2, 0.25) is 0 Å². The molecule has 2 aromatic rings. The van der Waals surface area contributed by atoms with Gasteiger partial charge in [0.2, 0.25) is 5.95 Å². The minimum absolute atomic E-state index is 0.233. The van der Waals surface area contributed by atoms with E-state index in [0.29, 0.717) is 11.4 Å². The normalized spacial score (nSPS) is 10.6. The first-order valence-electron chi connectivity index (χ1n) is 6.45. The van der Waals surface area contributed by atoms with E-state index >= 15 is 0 Å². The van der Waals surface area contributed by atoms with Crippen LogP contribution in [0.15, 0.2) is 42.7 Å². The summed E-state index contributed by atoms with van der Waals surface area (Å²) in [6, 6.07) is 8.87. The van der Waals surface area contributed by atoms with Crippen molar-refractivity contribution in [3.63, 3.8) is 0 Å². The van der Waals surface area contributed by atoms with E-state index in [4.69, 9.17) is 33.5 Å². The lowest BCUT2D eigenvalue weighted by Gasteiger charge is -2.06. The smallest absolute Gasteiger partial charge is 0.394 e. The average molecular weight is 426 g/mol. The van der Waals surface area contributed by atoms with Gasteiger partial charge in [0.1, 0.15) is 0 Å². The van der Waals surface area contributed by atoms with Crippen LogP contribution in [0.4, 0.5) is 17.3 Å². The summed E-state index contributed by atoms with van der Waals surface area (Å²) < 4.78 is 60.0. The highest BCUT2D eigenvalue weighted by Crippen LogP contribution is 2.10. The van der Waals surface area contributed by atoms with E-state index in [2.05, 4.69) is 20.9 Å². The molecule has 1 aromatic heterocycles. The lowest BCUT2D eigenvalue weighted by atomic mass is 10.3. The average Bonchev–Trinajstić information content (AvgIpc) is 2.54. The summed E-state index contributed by atoms with van der Waals surface area (Å²) in [4.78, 5) is 9.04. The fourth-order valence-electron chi connectivity index (χ4n) is 1.05. The van der Waals surface area contributed by atoms with E-state index in [1.807, 2.05) is 17.7 Å². The predicted octanol–water partition coefficient (Wildman–Crippen LogP) is -1.60. The highest BCUT2D eigenvalue weighted by Gasteiger charge is 1.99. The van der Waals surface area contributed by atoms with Gasteiger partial charge in [-0.05, 0) is 18.2 Å². The van der Waals surface area contributed by atoms with E-state index < -0.39 is 20.7 Å². The number of nitrogen functional groups attached to an aromatic ring is 2. The van der Waals surface area contributed by atoms with Gasteiger partial charge in [0.25, 0.3) is 0 Å². The third-order valence-corrected chi connectivity index (χ3v) is 2.34. The molecule has 27 heavy (non-hydrogen) atoms. The SMILES string of the molecule is Nc1ccccc1N.O=S(=O)(O)NNNNc1ncccn1.O=S(=O)(O)O. The van der Waals surface area contributed by atoms with Gasteiger partial charge in [-0.3, -0.25) is 19.1 Å². The molecule has 1 aromatic carbocycles. The van der Waals surface area contributed by atoms with Crippen LogP contribution in [0.1, 0.15) is 0 Å². The second-order valence-electron chi connectivity index (χ2n) is 4.10. The van der Waals surface area contributed by atoms with Crippen LogP contribution in [0.25, 0.3) is 0 Å². The van der Waals surface area contributed by atoms with Crippen LogP contribution in [0, 0.1) is 0 Å². The molecule has 0 atom stereocenters. The fraction of sp³-hybridized carbons (Fsp3) is 0. The summed E-state index contributed by atoms with van der Waals surface area (Å²) in [6.07, 6.45) is 2.99. The Balaban J connectivity index is 0.000000437. The van der Waals surface area contributed by atoms with Crippen LogP contribution in [0.3, 0.4) is 0 Å². The number of para-hydroxylation sites is 2. The van der Waals surface area contributed by atoms with Crippen molar-refractivity contribution in [3.8, 4) is 0 Å². The molecular formula is C10H18N8O7S2. The van der Waals surface area contributed by atoms with Gasteiger partial charge in [-0.15, -0.1) is 4.83 Å². The van der Waals surface area contributed by atoms with Crippen molar-refractivity contribution in [2.75, 3.05) is 16.9 Å². The largest absolute Gasteiger partial charge is 0.397 e. The summed E-state index contributed by atoms with van der Waals surface area (Å²) in [6.45, 7) is 0. The van der Waals surface area contributed by atoms with Crippen molar-refractivity contribution in [2.24, 2.45) is 0 Å². The number of nitrogens with two attached hydrogens (primary N) is 2. The molecule has 0 aliphatic carbocycles. The molecule has 0 aliphatic heterocycles. The molecule has 0 spiro atoms.